The summed E-state index contributed by atoms with van der Waals surface area (Å²) < 4.78 is 5.49. The number of ether oxygens (including phenoxy) is 1. The highest BCUT2D eigenvalue weighted by Gasteiger charge is 2.18. The van der Waals surface area contributed by atoms with Gasteiger partial charge in [0, 0.05) is 29.8 Å². The van der Waals surface area contributed by atoms with Gasteiger partial charge >= 0.3 is 0 Å². The van der Waals surface area contributed by atoms with Gasteiger partial charge in [0.1, 0.15) is 6.10 Å². The van der Waals surface area contributed by atoms with Crippen LogP contribution in [-0.2, 0) is 9.53 Å². The first kappa shape index (κ1) is 15.5. The molecule has 1 unspecified atom stereocenters. The molecule has 1 aliphatic carbocycles. The number of carbonyl (C=O) groups is 1. The van der Waals surface area contributed by atoms with Gasteiger partial charge < -0.3 is 10.1 Å². The second kappa shape index (κ2) is 7.79. The number of nitrogens with one attached hydrogen (secondary N) is 1. The first-order valence-electron chi connectivity index (χ1n) is 7.55. The largest absolute Gasteiger partial charge is 0.374 e. The van der Waals surface area contributed by atoms with Crippen molar-refractivity contribution in [1.82, 2.24) is 5.32 Å². The summed E-state index contributed by atoms with van der Waals surface area (Å²) in [4.78, 5) is 14.5. The van der Waals surface area contributed by atoms with Crippen molar-refractivity contribution in [2.24, 2.45) is 5.92 Å². The van der Waals surface area contributed by atoms with E-state index in [2.05, 4.69) is 24.4 Å². The average molecular weight is 295 g/mol. The fourth-order valence-corrected chi connectivity index (χ4v) is 3.81. The normalized spacial score (nSPS) is 17.9. The molecule has 112 valence electrons. The van der Waals surface area contributed by atoms with Gasteiger partial charge in [-0.2, -0.15) is 0 Å². The van der Waals surface area contributed by atoms with E-state index in [1.54, 1.807) is 18.4 Å². The van der Waals surface area contributed by atoms with Gasteiger partial charge in [0.15, 0.2) is 0 Å². The lowest BCUT2D eigenvalue weighted by Gasteiger charge is -2.21. The smallest absolute Gasteiger partial charge is 0.220 e. The van der Waals surface area contributed by atoms with E-state index < -0.39 is 0 Å². The SMILES string of the molecule is COC(CNC(=O)CC1CCCCC1)c1ccc(C)s1. The van der Waals surface area contributed by atoms with E-state index in [9.17, 15) is 4.79 Å². The number of amides is 1. The van der Waals surface area contributed by atoms with E-state index in [1.807, 2.05) is 0 Å². The molecule has 1 heterocycles. The predicted molar refractivity (Wildman–Crippen MR) is 83.0 cm³/mol. The zero-order valence-corrected chi connectivity index (χ0v) is 13.3. The summed E-state index contributed by atoms with van der Waals surface area (Å²) in [6.45, 7) is 2.66. The van der Waals surface area contributed by atoms with Gasteiger partial charge in [-0.25, -0.2) is 0 Å². The van der Waals surface area contributed by atoms with Gasteiger partial charge in [-0.1, -0.05) is 19.3 Å². The Labute approximate surface area is 125 Å². The molecule has 4 heteroatoms. The van der Waals surface area contributed by atoms with Gasteiger partial charge in [0.2, 0.25) is 5.91 Å². The van der Waals surface area contributed by atoms with Crippen molar-refractivity contribution in [2.75, 3.05) is 13.7 Å². The van der Waals surface area contributed by atoms with Crippen LogP contribution in [0.15, 0.2) is 12.1 Å². The maximum Gasteiger partial charge on any atom is 0.220 e. The molecule has 0 radical (unpaired) electrons. The van der Waals surface area contributed by atoms with Crippen molar-refractivity contribution < 1.29 is 9.53 Å². The quantitative estimate of drug-likeness (QED) is 0.866. The standard InChI is InChI=1S/C16H25NO2S/c1-12-8-9-15(20-12)14(19-2)11-17-16(18)10-13-6-4-3-5-7-13/h8-9,13-14H,3-7,10-11H2,1-2H3,(H,17,18). The van der Waals surface area contributed by atoms with Crippen molar-refractivity contribution in [3.63, 3.8) is 0 Å². The molecule has 1 aromatic heterocycles. The molecule has 0 spiro atoms. The maximum absolute atomic E-state index is 12.0. The second-order valence-electron chi connectivity index (χ2n) is 5.68. The number of thiophene rings is 1. The average Bonchev–Trinajstić information content (AvgIpc) is 2.87. The van der Waals surface area contributed by atoms with E-state index >= 15 is 0 Å². The van der Waals surface area contributed by atoms with E-state index in [4.69, 9.17) is 4.74 Å². The summed E-state index contributed by atoms with van der Waals surface area (Å²) in [5.74, 6) is 0.765. The van der Waals surface area contributed by atoms with E-state index in [0.29, 0.717) is 18.9 Å². The van der Waals surface area contributed by atoms with Gasteiger partial charge in [-0.05, 0) is 37.8 Å². The lowest BCUT2D eigenvalue weighted by molar-refractivity contribution is -0.122. The molecule has 0 aromatic carbocycles. The molecule has 0 bridgehead atoms. The molecule has 0 aliphatic heterocycles. The van der Waals surface area contributed by atoms with Crippen molar-refractivity contribution in [3.05, 3.63) is 21.9 Å². The Hall–Kier alpha value is -0.870. The van der Waals surface area contributed by atoms with Gasteiger partial charge in [0.25, 0.3) is 0 Å². The van der Waals surface area contributed by atoms with Crippen molar-refractivity contribution in [2.45, 2.75) is 51.6 Å². The monoisotopic (exact) mass is 295 g/mol. The molecule has 1 saturated carbocycles. The fraction of sp³-hybridized carbons (Fsp3) is 0.688. The molecule has 1 fully saturated rings. The lowest BCUT2D eigenvalue weighted by Crippen LogP contribution is -2.30. The van der Waals surface area contributed by atoms with Gasteiger partial charge in [-0.15, -0.1) is 11.3 Å². The molecule has 3 nitrogen and oxygen atoms in total. The maximum atomic E-state index is 12.0. The topological polar surface area (TPSA) is 38.3 Å². The van der Waals surface area contributed by atoms with Crippen molar-refractivity contribution in [3.8, 4) is 0 Å². The van der Waals surface area contributed by atoms with Crippen LogP contribution in [0.3, 0.4) is 0 Å². The van der Waals surface area contributed by atoms with Crippen LogP contribution in [0.1, 0.15) is 54.4 Å². The minimum Gasteiger partial charge on any atom is -0.374 e. The first-order chi connectivity index (χ1) is 9.69. The Balaban J connectivity index is 1.76. The Morgan fingerprint density at radius 1 is 1.40 bits per heavy atom. The zero-order valence-electron chi connectivity index (χ0n) is 12.5. The molecular formula is C16H25NO2S. The summed E-state index contributed by atoms with van der Waals surface area (Å²) in [6.07, 6.45) is 6.99. The van der Waals surface area contributed by atoms with Gasteiger partial charge in [0.05, 0.1) is 0 Å². The van der Waals surface area contributed by atoms with Crippen molar-refractivity contribution in [1.29, 1.82) is 0 Å². The number of rotatable bonds is 6. The Morgan fingerprint density at radius 3 is 2.75 bits per heavy atom. The van der Waals surface area contributed by atoms with Crippen LogP contribution in [0.25, 0.3) is 0 Å². The molecule has 2 rings (SSSR count). The molecule has 1 atom stereocenters. The van der Waals surface area contributed by atoms with Crippen LogP contribution in [0, 0.1) is 12.8 Å². The number of methoxy groups -OCH3 is 1. The summed E-state index contributed by atoms with van der Waals surface area (Å²) in [6, 6.07) is 4.18. The third-order valence-electron chi connectivity index (χ3n) is 4.05. The van der Waals surface area contributed by atoms with Crippen LogP contribution in [-0.4, -0.2) is 19.6 Å². The Morgan fingerprint density at radius 2 is 2.15 bits per heavy atom. The highest BCUT2D eigenvalue weighted by Crippen LogP contribution is 2.27. The number of hydrogen-bond acceptors (Lipinski definition) is 3. The second-order valence-corrected chi connectivity index (χ2v) is 7.00. The minimum atomic E-state index is -0.0241. The summed E-state index contributed by atoms with van der Waals surface area (Å²) in [5, 5.41) is 3.03. The van der Waals surface area contributed by atoms with Crippen LogP contribution in [0.5, 0.6) is 0 Å². The van der Waals surface area contributed by atoms with Crippen molar-refractivity contribution >= 4 is 17.2 Å². The number of aryl methyl sites for hydroxylation is 1. The fourth-order valence-electron chi connectivity index (χ4n) is 2.86. The highest BCUT2D eigenvalue weighted by atomic mass is 32.1. The minimum absolute atomic E-state index is 0.0241. The van der Waals surface area contributed by atoms with E-state index in [1.165, 1.54) is 41.9 Å². The molecule has 1 aromatic rings. The Bertz CT molecular complexity index is 424. The molecule has 1 amide bonds. The lowest BCUT2D eigenvalue weighted by atomic mass is 9.87. The Kier molecular flexibility index (Phi) is 6.05. The van der Waals surface area contributed by atoms with Crippen LogP contribution in [0.4, 0.5) is 0 Å². The van der Waals surface area contributed by atoms with Crippen LogP contribution in [0.2, 0.25) is 0 Å². The highest BCUT2D eigenvalue weighted by molar-refractivity contribution is 7.12. The van der Waals surface area contributed by atoms with Crippen LogP contribution < -0.4 is 5.32 Å². The van der Waals surface area contributed by atoms with Crippen LogP contribution >= 0.6 is 11.3 Å². The third kappa shape index (κ3) is 4.60. The zero-order chi connectivity index (χ0) is 14.4. The first-order valence-corrected chi connectivity index (χ1v) is 8.36. The summed E-state index contributed by atoms with van der Waals surface area (Å²) in [7, 11) is 1.70. The third-order valence-corrected chi connectivity index (χ3v) is 5.14. The number of hydrogen-bond donors (Lipinski definition) is 1. The summed E-state index contributed by atoms with van der Waals surface area (Å²) >= 11 is 1.73. The molecule has 20 heavy (non-hydrogen) atoms. The van der Waals surface area contributed by atoms with E-state index in [-0.39, 0.29) is 12.0 Å². The molecule has 1 aliphatic rings. The number of carbonyl (C=O) groups excluding carboxylic acids is 1. The summed E-state index contributed by atoms with van der Waals surface area (Å²) in [5.41, 5.74) is 0. The molecule has 1 N–H and O–H groups in total. The van der Waals surface area contributed by atoms with E-state index in [0.717, 1.165) is 0 Å². The predicted octanol–water partition coefficient (Wildman–Crippen LogP) is 3.83. The molecule has 0 saturated heterocycles. The molecular weight excluding hydrogens is 270 g/mol. The van der Waals surface area contributed by atoms with Gasteiger partial charge in [-0.3, -0.25) is 4.79 Å².